The molecule has 1 amide bonds. The zero-order chi connectivity index (χ0) is 21.1. The van der Waals surface area contributed by atoms with Gasteiger partial charge in [-0.2, -0.15) is 0 Å². The third-order valence-electron chi connectivity index (χ3n) is 4.52. The fourth-order valence-electron chi connectivity index (χ4n) is 3.20. The fraction of sp³-hybridized carbons (Fsp3) is 0.125. The highest BCUT2D eigenvalue weighted by atomic mass is 16.5. The van der Waals surface area contributed by atoms with Crippen LogP contribution in [0, 0.1) is 13.8 Å². The third-order valence-corrected chi connectivity index (χ3v) is 4.52. The molecular formula is C24H20N2O4. The predicted octanol–water partition coefficient (Wildman–Crippen LogP) is 4.49. The Balaban J connectivity index is 1.43. The molecule has 0 fully saturated rings. The van der Waals surface area contributed by atoms with E-state index in [-0.39, 0.29) is 18.4 Å². The Morgan fingerprint density at radius 3 is 2.43 bits per heavy atom. The van der Waals surface area contributed by atoms with Gasteiger partial charge in [-0.25, -0.2) is 9.78 Å². The lowest BCUT2D eigenvalue weighted by atomic mass is 10.1. The molecule has 0 bridgehead atoms. The predicted molar refractivity (Wildman–Crippen MR) is 116 cm³/mol. The van der Waals surface area contributed by atoms with Gasteiger partial charge in [0, 0.05) is 11.3 Å². The molecule has 150 valence electrons. The molecule has 6 nitrogen and oxygen atoms in total. The molecule has 1 aromatic heterocycles. The Morgan fingerprint density at radius 2 is 1.70 bits per heavy atom. The minimum Gasteiger partial charge on any atom is -0.484 e. The Kier molecular flexibility index (Phi) is 5.30. The maximum absolute atomic E-state index is 12.2. The molecule has 1 N–H and O–H groups in total. The topological polar surface area (TPSA) is 81.4 Å². The van der Waals surface area contributed by atoms with E-state index >= 15 is 0 Å². The van der Waals surface area contributed by atoms with Crippen LogP contribution >= 0.6 is 0 Å². The SMILES string of the molecule is Cc1cc(C)cc(OCC(=O)Nc2ccc(-c3nc4ccccc4c(=O)o3)cc2)c1. The number of aromatic nitrogens is 1. The minimum atomic E-state index is -0.434. The molecule has 0 saturated carbocycles. The second kappa shape index (κ2) is 8.21. The second-order valence-corrected chi connectivity index (χ2v) is 7.06. The van der Waals surface area contributed by atoms with Crippen molar-refractivity contribution in [1.29, 1.82) is 0 Å². The Bertz CT molecular complexity index is 1260. The summed E-state index contributed by atoms with van der Waals surface area (Å²) >= 11 is 0. The molecule has 4 rings (SSSR count). The highest BCUT2D eigenvalue weighted by molar-refractivity contribution is 5.92. The van der Waals surface area contributed by atoms with E-state index in [2.05, 4.69) is 10.3 Å². The van der Waals surface area contributed by atoms with E-state index in [9.17, 15) is 9.59 Å². The average Bonchev–Trinajstić information content (AvgIpc) is 2.72. The third kappa shape index (κ3) is 4.38. The molecule has 30 heavy (non-hydrogen) atoms. The van der Waals surface area contributed by atoms with Crippen molar-refractivity contribution < 1.29 is 13.9 Å². The molecule has 0 radical (unpaired) electrons. The summed E-state index contributed by atoms with van der Waals surface area (Å²) in [6.45, 7) is 3.87. The Hall–Kier alpha value is -3.93. The van der Waals surface area contributed by atoms with E-state index in [1.807, 2.05) is 38.1 Å². The lowest BCUT2D eigenvalue weighted by Gasteiger charge is -2.09. The largest absolute Gasteiger partial charge is 0.484 e. The lowest BCUT2D eigenvalue weighted by Crippen LogP contribution is -2.20. The molecule has 0 spiro atoms. The van der Waals surface area contributed by atoms with E-state index in [4.69, 9.17) is 9.15 Å². The van der Waals surface area contributed by atoms with Gasteiger partial charge in [0.25, 0.3) is 5.91 Å². The molecule has 0 unspecified atom stereocenters. The van der Waals surface area contributed by atoms with Crippen LogP contribution in [-0.2, 0) is 4.79 Å². The summed E-state index contributed by atoms with van der Waals surface area (Å²) in [5.41, 5.74) is 3.55. The summed E-state index contributed by atoms with van der Waals surface area (Å²) < 4.78 is 10.9. The van der Waals surface area contributed by atoms with Gasteiger partial charge < -0.3 is 14.5 Å². The van der Waals surface area contributed by atoms with Crippen LogP contribution in [0.3, 0.4) is 0 Å². The summed E-state index contributed by atoms with van der Waals surface area (Å²) in [5.74, 6) is 0.627. The van der Waals surface area contributed by atoms with Crippen LogP contribution in [-0.4, -0.2) is 17.5 Å². The number of aryl methyl sites for hydroxylation is 2. The number of hydrogen-bond acceptors (Lipinski definition) is 5. The highest BCUT2D eigenvalue weighted by Gasteiger charge is 2.09. The van der Waals surface area contributed by atoms with Crippen molar-refractivity contribution in [2.45, 2.75) is 13.8 Å². The van der Waals surface area contributed by atoms with Gasteiger partial charge in [0.2, 0.25) is 5.89 Å². The smallest absolute Gasteiger partial charge is 0.347 e. The summed E-state index contributed by atoms with van der Waals surface area (Å²) in [5, 5.41) is 3.22. The number of fused-ring (bicyclic) bond motifs is 1. The first-order chi connectivity index (χ1) is 14.5. The first-order valence-corrected chi connectivity index (χ1v) is 9.49. The van der Waals surface area contributed by atoms with Crippen LogP contribution in [0.15, 0.2) is 75.9 Å². The van der Waals surface area contributed by atoms with Crippen molar-refractivity contribution in [2.75, 3.05) is 11.9 Å². The molecule has 0 aliphatic rings. The first kappa shape index (κ1) is 19.4. The van der Waals surface area contributed by atoms with Crippen LogP contribution in [0.5, 0.6) is 5.75 Å². The van der Waals surface area contributed by atoms with E-state index < -0.39 is 5.63 Å². The number of para-hydroxylation sites is 1. The maximum Gasteiger partial charge on any atom is 0.347 e. The molecule has 1 heterocycles. The molecule has 0 atom stereocenters. The number of rotatable bonds is 5. The van der Waals surface area contributed by atoms with Gasteiger partial charge in [-0.05, 0) is 73.5 Å². The molecule has 0 aliphatic carbocycles. The van der Waals surface area contributed by atoms with Crippen molar-refractivity contribution >= 4 is 22.5 Å². The number of amides is 1. The van der Waals surface area contributed by atoms with Crippen LogP contribution in [0.4, 0.5) is 5.69 Å². The summed E-state index contributed by atoms with van der Waals surface area (Å²) in [6.07, 6.45) is 0. The number of anilines is 1. The Morgan fingerprint density at radius 1 is 1.00 bits per heavy atom. The van der Waals surface area contributed by atoms with Crippen molar-refractivity contribution in [3.63, 3.8) is 0 Å². The highest BCUT2D eigenvalue weighted by Crippen LogP contribution is 2.21. The normalized spacial score (nSPS) is 10.7. The van der Waals surface area contributed by atoms with E-state index in [0.717, 1.165) is 11.1 Å². The molecule has 0 saturated heterocycles. The monoisotopic (exact) mass is 400 g/mol. The summed E-state index contributed by atoms with van der Waals surface area (Å²) in [4.78, 5) is 28.7. The van der Waals surface area contributed by atoms with Gasteiger partial charge >= 0.3 is 5.63 Å². The summed E-state index contributed by atoms with van der Waals surface area (Å²) in [6, 6.07) is 19.8. The van der Waals surface area contributed by atoms with E-state index in [1.54, 1.807) is 42.5 Å². The van der Waals surface area contributed by atoms with Crippen LogP contribution < -0.4 is 15.7 Å². The second-order valence-electron chi connectivity index (χ2n) is 7.06. The molecule has 3 aromatic carbocycles. The van der Waals surface area contributed by atoms with Crippen LogP contribution in [0.25, 0.3) is 22.4 Å². The van der Waals surface area contributed by atoms with Gasteiger partial charge in [0.15, 0.2) is 6.61 Å². The van der Waals surface area contributed by atoms with E-state index in [0.29, 0.717) is 27.9 Å². The fourth-order valence-corrected chi connectivity index (χ4v) is 3.20. The lowest BCUT2D eigenvalue weighted by molar-refractivity contribution is -0.118. The number of hydrogen-bond donors (Lipinski definition) is 1. The van der Waals surface area contributed by atoms with Crippen LogP contribution in [0.2, 0.25) is 0 Å². The standard InChI is InChI=1S/C24H20N2O4/c1-15-11-16(2)13-19(12-15)29-14-22(27)25-18-9-7-17(8-10-18)23-26-21-6-4-3-5-20(21)24(28)30-23/h3-13H,14H2,1-2H3,(H,25,27). The maximum atomic E-state index is 12.2. The molecule has 0 aliphatic heterocycles. The van der Waals surface area contributed by atoms with Crippen molar-refractivity contribution in [1.82, 2.24) is 4.98 Å². The van der Waals surface area contributed by atoms with Crippen molar-refractivity contribution in [3.05, 3.63) is 88.3 Å². The van der Waals surface area contributed by atoms with Crippen molar-refractivity contribution in [3.8, 4) is 17.2 Å². The van der Waals surface area contributed by atoms with Gasteiger partial charge in [-0.1, -0.05) is 18.2 Å². The average molecular weight is 400 g/mol. The molecule has 4 aromatic rings. The first-order valence-electron chi connectivity index (χ1n) is 9.49. The van der Waals surface area contributed by atoms with E-state index in [1.165, 1.54) is 0 Å². The number of carbonyl (C=O) groups excluding carboxylic acids is 1. The van der Waals surface area contributed by atoms with Gasteiger partial charge in [0.05, 0.1) is 10.9 Å². The Labute approximate surface area is 173 Å². The van der Waals surface area contributed by atoms with Gasteiger partial charge in [0.1, 0.15) is 5.75 Å². The minimum absolute atomic E-state index is 0.0915. The zero-order valence-corrected chi connectivity index (χ0v) is 16.6. The summed E-state index contributed by atoms with van der Waals surface area (Å²) in [7, 11) is 0. The van der Waals surface area contributed by atoms with Crippen LogP contribution in [0.1, 0.15) is 11.1 Å². The molecule has 6 heteroatoms. The number of benzene rings is 3. The molecular weight excluding hydrogens is 380 g/mol. The van der Waals surface area contributed by atoms with Gasteiger partial charge in [-0.15, -0.1) is 0 Å². The zero-order valence-electron chi connectivity index (χ0n) is 16.6. The van der Waals surface area contributed by atoms with Gasteiger partial charge in [-0.3, -0.25) is 4.79 Å². The van der Waals surface area contributed by atoms with Crippen molar-refractivity contribution in [2.24, 2.45) is 0 Å². The quantitative estimate of drug-likeness (QED) is 0.534. The number of nitrogens with zero attached hydrogens (tertiary/aromatic N) is 1. The number of nitrogens with one attached hydrogen (secondary N) is 1. The number of ether oxygens (including phenoxy) is 1. The number of carbonyl (C=O) groups is 1.